The number of rotatable bonds is 7. The van der Waals surface area contributed by atoms with Crippen LogP contribution in [0.1, 0.15) is 32.1 Å². The van der Waals surface area contributed by atoms with E-state index in [-0.39, 0.29) is 29.9 Å². The number of ether oxygens (including phenoxy) is 2. The van der Waals surface area contributed by atoms with E-state index in [0.717, 1.165) is 26.0 Å². The monoisotopic (exact) mass is 334 g/mol. The lowest BCUT2D eigenvalue weighted by Gasteiger charge is -2.33. The molecule has 0 spiro atoms. The number of pyridine rings is 1. The van der Waals surface area contributed by atoms with E-state index in [2.05, 4.69) is 0 Å². The summed E-state index contributed by atoms with van der Waals surface area (Å²) < 4.78 is 12.2. The van der Waals surface area contributed by atoms with Crippen LogP contribution in [0.3, 0.4) is 0 Å². The third kappa shape index (κ3) is 3.98. The third-order valence-corrected chi connectivity index (χ3v) is 5.01. The van der Waals surface area contributed by atoms with E-state index in [9.17, 15) is 9.59 Å². The van der Waals surface area contributed by atoms with Gasteiger partial charge in [0.15, 0.2) is 5.75 Å². The van der Waals surface area contributed by atoms with Crippen molar-refractivity contribution in [1.29, 1.82) is 0 Å². The topological polar surface area (TPSA) is 60.8 Å². The number of methoxy groups -OCH3 is 1. The minimum absolute atomic E-state index is 0.0206. The zero-order valence-electron chi connectivity index (χ0n) is 14.3. The molecular formula is C18H26N2O4. The molecule has 1 aromatic heterocycles. The Labute approximate surface area is 142 Å². The predicted octanol–water partition coefficient (Wildman–Crippen LogP) is 1.66. The summed E-state index contributed by atoms with van der Waals surface area (Å²) >= 11 is 0. The fourth-order valence-electron chi connectivity index (χ4n) is 3.34. The second kappa shape index (κ2) is 7.83. The van der Waals surface area contributed by atoms with Gasteiger partial charge in [0.05, 0.1) is 13.2 Å². The van der Waals surface area contributed by atoms with Crippen LogP contribution in [-0.2, 0) is 16.1 Å². The maximum Gasteiger partial charge on any atom is 0.293 e. The highest BCUT2D eigenvalue weighted by Crippen LogP contribution is 2.27. The summed E-state index contributed by atoms with van der Waals surface area (Å²) in [5.41, 5.74) is -0.269. The van der Waals surface area contributed by atoms with Gasteiger partial charge in [-0.1, -0.05) is 6.42 Å². The van der Waals surface area contributed by atoms with Gasteiger partial charge in [-0.3, -0.25) is 9.59 Å². The van der Waals surface area contributed by atoms with E-state index in [1.165, 1.54) is 30.9 Å². The number of hydrogen-bond acceptors (Lipinski definition) is 4. The summed E-state index contributed by atoms with van der Waals surface area (Å²) in [7, 11) is 1.46. The van der Waals surface area contributed by atoms with Gasteiger partial charge in [0.25, 0.3) is 5.56 Å². The van der Waals surface area contributed by atoms with E-state index in [4.69, 9.17) is 9.47 Å². The van der Waals surface area contributed by atoms with Crippen LogP contribution in [0.5, 0.6) is 5.75 Å². The van der Waals surface area contributed by atoms with E-state index in [0.29, 0.717) is 12.5 Å². The Morgan fingerprint density at radius 2 is 2.17 bits per heavy atom. The Hall–Kier alpha value is -1.82. The molecule has 2 aliphatic rings. The maximum absolute atomic E-state index is 12.8. The van der Waals surface area contributed by atoms with Gasteiger partial charge >= 0.3 is 0 Å². The van der Waals surface area contributed by atoms with Crippen molar-refractivity contribution in [3.8, 4) is 5.75 Å². The van der Waals surface area contributed by atoms with Gasteiger partial charge in [-0.2, -0.15) is 0 Å². The average Bonchev–Trinajstić information content (AvgIpc) is 3.04. The quantitative estimate of drug-likeness (QED) is 0.761. The second-order valence-corrected chi connectivity index (χ2v) is 6.74. The number of nitrogens with zero attached hydrogens (tertiary/aromatic N) is 2. The van der Waals surface area contributed by atoms with E-state index in [1.54, 1.807) is 18.3 Å². The smallest absolute Gasteiger partial charge is 0.293 e. The van der Waals surface area contributed by atoms with Crippen LogP contribution in [0.25, 0.3) is 0 Å². The van der Waals surface area contributed by atoms with Gasteiger partial charge in [-0.25, -0.2) is 0 Å². The van der Waals surface area contributed by atoms with Gasteiger partial charge in [-0.05, 0) is 43.7 Å². The molecule has 0 radical (unpaired) electrons. The van der Waals surface area contributed by atoms with Crippen LogP contribution in [0.4, 0.5) is 0 Å². The molecule has 1 saturated carbocycles. The second-order valence-electron chi connectivity index (χ2n) is 6.74. The van der Waals surface area contributed by atoms with Crippen molar-refractivity contribution in [1.82, 2.24) is 9.47 Å². The highest BCUT2D eigenvalue weighted by atomic mass is 16.5. The maximum atomic E-state index is 12.8. The zero-order chi connectivity index (χ0) is 16.9. The summed E-state index contributed by atoms with van der Waals surface area (Å²) in [5.74, 6) is 0.833. The van der Waals surface area contributed by atoms with Crippen molar-refractivity contribution < 1.29 is 14.3 Å². The largest absolute Gasteiger partial charge is 0.491 e. The molecule has 0 aromatic carbocycles. The summed E-state index contributed by atoms with van der Waals surface area (Å²) in [5, 5.41) is 0. The van der Waals surface area contributed by atoms with Crippen LogP contribution in [0.15, 0.2) is 23.1 Å². The molecule has 1 amide bonds. The zero-order valence-corrected chi connectivity index (χ0v) is 14.3. The first kappa shape index (κ1) is 17.0. The highest BCUT2D eigenvalue weighted by Gasteiger charge is 2.27. The number of carbonyl (C=O) groups is 1. The molecule has 1 saturated heterocycles. The Kier molecular flexibility index (Phi) is 5.56. The Morgan fingerprint density at radius 1 is 1.33 bits per heavy atom. The van der Waals surface area contributed by atoms with Gasteiger partial charge in [-0.15, -0.1) is 0 Å². The first-order chi connectivity index (χ1) is 11.7. The summed E-state index contributed by atoms with van der Waals surface area (Å²) in [6.45, 7) is 2.24. The molecule has 0 unspecified atom stereocenters. The third-order valence-electron chi connectivity index (χ3n) is 5.01. The fourth-order valence-corrected chi connectivity index (χ4v) is 3.34. The molecule has 3 rings (SSSR count). The summed E-state index contributed by atoms with van der Waals surface area (Å²) in [6.07, 6.45) is 7.47. The molecule has 1 aliphatic heterocycles. The van der Waals surface area contributed by atoms with Crippen molar-refractivity contribution >= 4 is 5.91 Å². The Balaban J connectivity index is 1.68. The van der Waals surface area contributed by atoms with Crippen LogP contribution >= 0.6 is 0 Å². The molecule has 1 atom stereocenters. The number of amides is 1. The van der Waals surface area contributed by atoms with Crippen molar-refractivity contribution in [3.63, 3.8) is 0 Å². The van der Waals surface area contributed by atoms with Crippen LogP contribution in [0.2, 0.25) is 0 Å². The first-order valence-corrected chi connectivity index (χ1v) is 8.80. The standard InChI is InChI=1S/C18H26N2O4/c1-23-16-8-3-9-19(18(16)22)13-17(21)20(11-14-5-2-6-14)12-15-7-4-10-24-15/h3,8-9,14-15H,2,4-7,10-13H2,1H3/t15-/m1/s1. The molecule has 132 valence electrons. The van der Waals surface area contributed by atoms with E-state index >= 15 is 0 Å². The predicted molar refractivity (Wildman–Crippen MR) is 90.1 cm³/mol. The number of hydrogen-bond donors (Lipinski definition) is 0. The van der Waals surface area contributed by atoms with Gasteiger partial charge < -0.3 is 18.9 Å². The van der Waals surface area contributed by atoms with Gasteiger partial charge in [0.1, 0.15) is 6.54 Å². The van der Waals surface area contributed by atoms with Crippen molar-refractivity contribution in [2.75, 3.05) is 26.8 Å². The van der Waals surface area contributed by atoms with E-state index < -0.39 is 0 Å². The molecule has 0 N–H and O–H groups in total. The lowest BCUT2D eigenvalue weighted by Crippen LogP contribution is -2.44. The van der Waals surface area contributed by atoms with Crippen LogP contribution in [-0.4, -0.2) is 48.3 Å². The Bertz CT molecular complexity index is 618. The molecule has 2 heterocycles. The van der Waals surface area contributed by atoms with Crippen molar-refractivity contribution in [3.05, 3.63) is 28.7 Å². The lowest BCUT2D eigenvalue weighted by molar-refractivity contribution is -0.134. The Morgan fingerprint density at radius 3 is 2.79 bits per heavy atom. The van der Waals surface area contributed by atoms with Crippen molar-refractivity contribution in [2.45, 2.75) is 44.8 Å². The normalized spacial score (nSPS) is 20.6. The average molecular weight is 334 g/mol. The highest BCUT2D eigenvalue weighted by molar-refractivity contribution is 5.76. The number of carbonyl (C=O) groups excluding carboxylic acids is 1. The fraction of sp³-hybridized carbons (Fsp3) is 0.667. The number of aromatic nitrogens is 1. The molecule has 1 aromatic rings. The summed E-state index contributed by atoms with van der Waals surface area (Å²) in [6, 6.07) is 3.34. The van der Waals surface area contributed by atoms with Crippen LogP contribution in [0, 0.1) is 5.92 Å². The van der Waals surface area contributed by atoms with E-state index in [1.807, 2.05) is 4.90 Å². The molecule has 24 heavy (non-hydrogen) atoms. The molecule has 6 heteroatoms. The minimum atomic E-state index is -0.269. The summed E-state index contributed by atoms with van der Waals surface area (Å²) in [4.78, 5) is 26.9. The lowest BCUT2D eigenvalue weighted by atomic mass is 9.85. The van der Waals surface area contributed by atoms with Gasteiger partial charge in [0.2, 0.25) is 5.91 Å². The molecule has 1 aliphatic carbocycles. The minimum Gasteiger partial charge on any atom is -0.491 e. The molecule has 6 nitrogen and oxygen atoms in total. The first-order valence-electron chi connectivity index (χ1n) is 8.80. The van der Waals surface area contributed by atoms with Crippen LogP contribution < -0.4 is 10.3 Å². The molecule has 0 bridgehead atoms. The molecule has 2 fully saturated rings. The van der Waals surface area contributed by atoms with Gasteiger partial charge in [0, 0.05) is 25.9 Å². The molecular weight excluding hydrogens is 308 g/mol. The van der Waals surface area contributed by atoms with Crippen molar-refractivity contribution in [2.24, 2.45) is 5.92 Å². The SMILES string of the molecule is COc1cccn(CC(=O)N(CC2CCC2)C[C@H]2CCCO2)c1=O.